The Balaban J connectivity index is 1.43. The monoisotopic (exact) mass is 440 g/mol. The summed E-state index contributed by atoms with van der Waals surface area (Å²) in [5, 5.41) is 9.03. The van der Waals surface area contributed by atoms with E-state index in [1.165, 1.54) is 11.1 Å². The van der Waals surface area contributed by atoms with Gasteiger partial charge >= 0.3 is 0 Å². The molecule has 164 valence electrons. The van der Waals surface area contributed by atoms with Gasteiger partial charge in [-0.1, -0.05) is 65.7 Å². The maximum Gasteiger partial charge on any atom is 0.194 e. The second kappa shape index (κ2) is 7.89. The van der Waals surface area contributed by atoms with Gasteiger partial charge in [0.1, 0.15) is 0 Å². The van der Waals surface area contributed by atoms with Crippen molar-refractivity contribution in [3.63, 3.8) is 0 Å². The van der Waals surface area contributed by atoms with E-state index in [2.05, 4.69) is 97.3 Å². The van der Waals surface area contributed by atoms with Gasteiger partial charge in [0.05, 0.1) is 0 Å². The fourth-order valence-electron chi connectivity index (χ4n) is 4.72. The lowest BCUT2D eigenvalue weighted by molar-refractivity contribution is 0.104. The van der Waals surface area contributed by atoms with Crippen molar-refractivity contribution in [1.29, 1.82) is 0 Å². The summed E-state index contributed by atoms with van der Waals surface area (Å²) in [5.74, 6) is 0.0631. The molecule has 1 aliphatic rings. The zero-order valence-electron chi connectivity index (χ0n) is 19.1. The number of carbonyl (C=O) groups is 1. The predicted octanol–water partition coefficient (Wildman–Crippen LogP) is 8.16. The van der Waals surface area contributed by atoms with Crippen molar-refractivity contribution in [3.05, 3.63) is 119 Å². The minimum atomic E-state index is 0.0631. The molecule has 0 radical (unpaired) electrons. The van der Waals surface area contributed by atoms with Crippen LogP contribution in [-0.4, -0.2) is 5.78 Å². The molecule has 0 atom stereocenters. The van der Waals surface area contributed by atoms with Crippen LogP contribution in [0.4, 0.5) is 22.7 Å². The lowest BCUT2D eigenvalue weighted by Crippen LogP contribution is -2.11. The van der Waals surface area contributed by atoms with E-state index in [9.17, 15) is 4.79 Å². The lowest BCUT2D eigenvalue weighted by Gasteiger charge is -2.22. The summed E-state index contributed by atoms with van der Waals surface area (Å²) in [6.45, 7) is 4.15. The number of hydrogen-bond acceptors (Lipinski definition) is 3. The molecule has 0 aromatic heterocycles. The van der Waals surface area contributed by atoms with E-state index in [4.69, 9.17) is 0 Å². The van der Waals surface area contributed by atoms with Crippen LogP contribution in [0.15, 0.2) is 97.1 Å². The topological polar surface area (TPSA) is 41.1 Å². The van der Waals surface area contributed by atoms with Crippen LogP contribution in [-0.2, 0) is 0 Å². The molecule has 5 aromatic rings. The summed E-state index contributed by atoms with van der Waals surface area (Å²) in [6.07, 6.45) is 0. The van der Waals surface area contributed by atoms with Crippen molar-refractivity contribution in [2.24, 2.45) is 0 Å². The first kappa shape index (κ1) is 20.3. The highest BCUT2D eigenvalue weighted by molar-refractivity contribution is 6.27. The maximum absolute atomic E-state index is 13.6. The fraction of sp³-hybridized carbons (Fsp3) is 0.0645. The third-order valence-corrected chi connectivity index (χ3v) is 6.51. The van der Waals surface area contributed by atoms with Crippen molar-refractivity contribution in [2.75, 3.05) is 10.6 Å². The summed E-state index contributed by atoms with van der Waals surface area (Å²) in [5.41, 5.74) is 9.93. The fourth-order valence-corrected chi connectivity index (χ4v) is 4.72. The van der Waals surface area contributed by atoms with E-state index in [-0.39, 0.29) is 5.78 Å². The van der Waals surface area contributed by atoms with Gasteiger partial charge in [0.2, 0.25) is 0 Å². The van der Waals surface area contributed by atoms with E-state index in [0.29, 0.717) is 0 Å². The second-order valence-electron chi connectivity index (χ2n) is 8.96. The molecule has 34 heavy (non-hydrogen) atoms. The number of aryl methyl sites for hydroxylation is 2. The van der Waals surface area contributed by atoms with Gasteiger partial charge in [-0.2, -0.15) is 0 Å². The van der Waals surface area contributed by atoms with Crippen molar-refractivity contribution in [2.45, 2.75) is 13.8 Å². The van der Waals surface area contributed by atoms with E-state index < -0.39 is 0 Å². The Bertz CT molecular complexity index is 1560. The molecule has 1 aliphatic carbocycles. The van der Waals surface area contributed by atoms with Crippen LogP contribution < -0.4 is 10.6 Å². The standard InChI is InChI=1S/C31H24N2O/c1-19-6-10-21(11-7-19)32-23-14-15-24-25-16-17-29(33-22-12-8-20(2)9-13-22)26-4-3-5-27(30(25)26)31(34)28(24)18-23/h3-18,32-33H,1-2H3. The Morgan fingerprint density at radius 3 is 1.85 bits per heavy atom. The highest BCUT2D eigenvalue weighted by Gasteiger charge is 2.26. The number of anilines is 4. The molecule has 0 saturated carbocycles. The van der Waals surface area contributed by atoms with Crippen molar-refractivity contribution in [1.82, 2.24) is 0 Å². The number of rotatable bonds is 4. The molecule has 0 heterocycles. The number of benzene rings is 5. The number of carbonyl (C=O) groups excluding carboxylic acids is 1. The number of ketones is 1. The highest BCUT2D eigenvalue weighted by Crippen LogP contribution is 2.43. The van der Waals surface area contributed by atoms with Gasteiger partial charge in [0.15, 0.2) is 5.78 Å². The number of hydrogen-bond donors (Lipinski definition) is 2. The molecule has 0 aliphatic heterocycles. The predicted molar refractivity (Wildman–Crippen MR) is 142 cm³/mol. The Morgan fingerprint density at radius 2 is 1.15 bits per heavy atom. The SMILES string of the molecule is Cc1ccc(Nc2ccc3c(c2)C(=O)c2cccc4c(Nc5ccc(C)cc5)ccc-3c24)cc1. The molecule has 5 aromatic carbocycles. The Hall–Kier alpha value is -4.37. The molecule has 2 N–H and O–H groups in total. The molecule has 0 bridgehead atoms. The molecular formula is C31H24N2O. The Kier molecular flexibility index (Phi) is 4.70. The number of nitrogens with one attached hydrogen (secondary N) is 2. The van der Waals surface area contributed by atoms with Crippen LogP contribution in [0, 0.1) is 13.8 Å². The molecule has 6 rings (SSSR count). The molecule has 3 heteroatoms. The van der Waals surface area contributed by atoms with Gasteiger partial charge < -0.3 is 10.6 Å². The van der Waals surface area contributed by atoms with Gasteiger partial charge in [-0.05, 0) is 67.4 Å². The molecule has 0 spiro atoms. The highest BCUT2D eigenvalue weighted by atomic mass is 16.1. The minimum Gasteiger partial charge on any atom is -0.356 e. The quantitative estimate of drug-likeness (QED) is 0.290. The minimum absolute atomic E-state index is 0.0631. The van der Waals surface area contributed by atoms with Crippen molar-refractivity contribution in [3.8, 4) is 11.1 Å². The molecular weight excluding hydrogens is 416 g/mol. The Labute approximate surface area is 199 Å². The van der Waals surface area contributed by atoms with Gasteiger partial charge in [-0.15, -0.1) is 0 Å². The molecule has 0 saturated heterocycles. The maximum atomic E-state index is 13.6. The average Bonchev–Trinajstić information content (AvgIpc) is 2.86. The van der Waals surface area contributed by atoms with Crippen LogP contribution in [0.25, 0.3) is 21.9 Å². The van der Waals surface area contributed by atoms with Crippen LogP contribution in [0.2, 0.25) is 0 Å². The molecule has 0 fully saturated rings. The average molecular weight is 441 g/mol. The van der Waals surface area contributed by atoms with Crippen LogP contribution in [0.1, 0.15) is 27.0 Å². The summed E-state index contributed by atoms with van der Waals surface area (Å²) < 4.78 is 0. The van der Waals surface area contributed by atoms with E-state index in [1.54, 1.807) is 0 Å². The van der Waals surface area contributed by atoms with Crippen LogP contribution >= 0.6 is 0 Å². The smallest absolute Gasteiger partial charge is 0.194 e. The molecule has 0 amide bonds. The summed E-state index contributed by atoms with van der Waals surface area (Å²) in [7, 11) is 0. The largest absolute Gasteiger partial charge is 0.356 e. The Morgan fingerprint density at radius 1 is 0.529 bits per heavy atom. The summed E-state index contributed by atoms with van der Waals surface area (Å²) >= 11 is 0. The number of fused-ring (bicyclic) bond motifs is 2. The first-order chi connectivity index (χ1) is 16.6. The second-order valence-corrected chi connectivity index (χ2v) is 8.96. The zero-order valence-corrected chi connectivity index (χ0v) is 19.1. The first-order valence-corrected chi connectivity index (χ1v) is 11.5. The normalized spacial score (nSPS) is 11.9. The van der Waals surface area contributed by atoms with Crippen LogP contribution in [0.3, 0.4) is 0 Å². The van der Waals surface area contributed by atoms with Crippen LogP contribution in [0.5, 0.6) is 0 Å². The molecule has 0 unspecified atom stereocenters. The lowest BCUT2D eigenvalue weighted by atomic mass is 9.82. The van der Waals surface area contributed by atoms with Gasteiger partial charge in [0, 0.05) is 44.6 Å². The summed E-state index contributed by atoms with van der Waals surface area (Å²) in [4.78, 5) is 13.6. The summed E-state index contributed by atoms with van der Waals surface area (Å²) in [6, 6.07) is 32.9. The van der Waals surface area contributed by atoms with Gasteiger partial charge in [-0.3, -0.25) is 4.79 Å². The third-order valence-electron chi connectivity index (χ3n) is 6.51. The van der Waals surface area contributed by atoms with E-state index >= 15 is 0 Å². The molecule has 3 nitrogen and oxygen atoms in total. The van der Waals surface area contributed by atoms with Gasteiger partial charge in [-0.25, -0.2) is 0 Å². The van der Waals surface area contributed by atoms with E-state index in [0.717, 1.165) is 55.8 Å². The third kappa shape index (κ3) is 3.43. The van der Waals surface area contributed by atoms with E-state index in [1.807, 2.05) is 24.3 Å². The van der Waals surface area contributed by atoms with Gasteiger partial charge in [0.25, 0.3) is 0 Å². The first-order valence-electron chi connectivity index (χ1n) is 11.5. The zero-order chi connectivity index (χ0) is 23.2. The van der Waals surface area contributed by atoms with Crippen molar-refractivity contribution < 1.29 is 4.79 Å². The van der Waals surface area contributed by atoms with Crippen molar-refractivity contribution >= 4 is 39.3 Å².